The highest BCUT2D eigenvalue weighted by atomic mass is 32.2. The van der Waals surface area contributed by atoms with Gasteiger partial charge in [0, 0.05) is 44.0 Å². The molecule has 0 atom stereocenters. The van der Waals surface area contributed by atoms with Gasteiger partial charge in [-0.05, 0) is 60.1 Å². The largest absolute Gasteiger partial charge is 0.338 e. The SMILES string of the molecule is CCC.CCC.CCc1cc(NC(=O)NCCCSC)c(Cc2ccccc2)cc1C(=O)N1CCNCC1. The number of nitrogens with one attached hydrogen (secondary N) is 3. The van der Waals surface area contributed by atoms with Gasteiger partial charge in [0.2, 0.25) is 0 Å². The van der Waals surface area contributed by atoms with Crippen LogP contribution in [-0.2, 0) is 12.8 Å². The van der Waals surface area contributed by atoms with E-state index in [2.05, 4.69) is 62.0 Å². The molecule has 3 N–H and O–H groups in total. The lowest BCUT2D eigenvalue weighted by atomic mass is 9.95. The first-order valence-electron chi connectivity index (χ1n) is 14.2. The lowest BCUT2D eigenvalue weighted by Gasteiger charge is -2.28. The van der Waals surface area contributed by atoms with Crippen LogP contribution >= 0.6 is 11.8 Å². The number of urea groups is 1. The molecule has 1 heterocycles. The van der Waals surface area contributed by atoms with Gasteiger partial charge in [0.1, 0.15) is 0 Å². The van der Waals surface area contributed by atoms with Crippen LogP contribution in [0.4, 0.5) is 10.5 Å². The Morgan fingerprint density at radius 1 is 0.947 bits per heavy atom. The standard InChI is InChI=1S/C25H34N4O2S.2C3H8/c1-3-20-18-23(28-25(31)27-10-7-15-32-2)21(16-19-8-5-4-6-9-19)17-22(20)24(30)29-13-11-26-12-14-29;2*1-3-2/h4-6,8-9,17-18,26H,3,7,10-16H2,1-2H3,(H2,27,28,31);2*3H2,1-2H3. The normalized spacial score (nSPS) is 12.4. The number of nitrogens with zero attached hydrogens (tertiary/aromatic N) is 1. The number of hydrogen-bond acceptors (Lipinski definition) is 4. The van der Waals surface area contributed by atoms with E-state index in [0.29, 0.717) is 26.1 Å². The first-order chi connectivity index (χ1) is 18.4. The van der Waals surface area contributed by atoms with Gasteiger partial charge in [-0.1, -0.05) is 77.8 Å². The Kier molecular flexibility index (Phi) is 18.0. The Bertz CT molecular complexity index is 929. The third kappa shape index (κ3) is 12.4. The van der Waals surface area contributed by atoms with Gasteiger partial charge >= 0.3 is 6.03 Å². The van der Waals surface area contributed by atoms with Crippen molar-refractivity contribution in [2.45, 2.75) is 66.7 Å². The summed E-state index contributed by atoms with van der Waals surface area (Å²) in [6.07, 6.45) is 6.87. The van der Waals surface area contributed by atoms with Crippen LogP contribution in [0.1, 0.15) is 80.9 Å². The van der Waals surface area contributed by atoms with E-state index in [1.54, 1.807) is 11.8 Å². The number of carbonyl (C=O) groups is 2. The second-order valence-electron chi connectivity index (χ2n) is 9.37. The van der Waals surface area contributed by atoms with E-state index in [0.717, 1.165) is 59.6 Å². The summed E-state index contributed by atoms with van der Waals surface area (Å²) in [6, 6.07) is 13.9. The van der Waals surface area contributed by atoms with E-state index < -0.39 is 0 Å². The number of benzene rings is 2. The third-order valence-corrected chi connectivity index (χ3v) is 6.34. The molecule has 3 amide bonds. The van der Waals surface area contributed by atoms with Crippen molar-refractivity contribution < 1.29 is 9.59 Å². The summed E-state index contributed by atoms with van der Waals surface area (Å²) in [7, 11) is 0. The van der Waals surface area contributed by atoms with E-state index in [1.165, 1.54) is 12.8 Å². The Labute approximate surface area is 235 Å². The molecule has 0 saturated carbocycles. The van der Waals surface area contributed by atoms with Crippen LogP contribution in [-0.4, -0.2) is 61.6 Å². The van der Waals surface area contributed by atoms with Crippen LogP contribution in [0, 0.1) is 0 Å². The zero-order chi connectivity index (χ0) is 28.2. The molecule has 1 saturated heterocycles. The number of hydrogen-bond donors (Lipinski definition) is 3. The summed E-state index contributed by atoms with van der Waals surface area (Å²) < 4.78 is 0. The molecule has 0 aromatic heterocycles. The molecule has 1 aliphatic rings. The van der Waals surface area contributed by atoms with Gasteiger partial charge in [-0.15, -0.1) is 0 Å². The average molecular weight is 543 g/mol. The van der Waals surface area contributed by atoms with E-state index in [1.807, 2.05) is 42.2 Å². The van der Waals surface area contributed by atoms with Crippen LogP contribution < -0.4 is 16.0 Å². The van der Waals surface area contributed by atoms with Crippen molar-refractivity contribution in [1.82, 2.24) is 15.5 Å². The van der Waals surface area contributed by atoms with Crippen LogP contribution in [0.15, 0.2) is 42.5 Å². The summed E-state index contributed by atoms with van der Waals surface area (Å²) in [4.78, 5) is 27.8. The van der Waals surface area contributed by atoms with Crippen LogP contribution in [0.5, 0.6) is 0 Å². The van der Waals surface area contributed by atoms with Crippen molar-refractivity contribution in [2.24, 2.45) is 0 Å². The van der Waals surface area contributed by atoms with Crippen LogP contribution in [0.2, 0.25) is 0 Å². The van der Waals surface area contributed by atoms with Crippen LogP contribution in [0.3, 0.4) is 0 Å². The van der Waals surface area contributed by atoms with Crippen molar-refractivity contribution in [2.75, 3.05) is 50.0 Å². The molecular weight excluding hydrogens is 492 g/mol. The minimum atomic E-state index is -0.205. The molecule has 1 fully saturated rings. The molecule has 2 aromatic rings. The minimum Gasteiger partial charge on any atom is -0.338 e. The summed E-state index contributed by atoms with van der Waals surface area (Å²) in [5.41, 5.74) is 4.56. The van der Waals surface area contributed by atoms with Gasteiger partial charge in [0.15, 0.2) is 0 Å². The first kappa shape index (κ1) is 33.5. The molecule has 38 heavy (non-hydrogen) atoms. The fraction of sp³-hybridized carbons (Fsp3) is 0.548. The molecule has 7 heteroatoms. The highest BCUT2D eigenvalue weighted by Gasteiger charge is 2.22. The lowest BCUT2D eigenvalue weighted by molar-refractivity contribution is 0.0734. The topological polar surface area (TPSA) is 73.5 Å². The van der Waals surface area contributed by atoms with Gasteiger partial charge in [-0.3, -0.25) is 4.79 Å². The highest BCUT2D eigenvalue weighted by molar-refractivity contribution is 7.98. The molecule has 0 spiro atoms. The zero-order valence-corrected chi connectivity index (χ0v) is 25.3. The molecule has 212 valence electrons. The van der Waals surface area contributed by atoms with Gasteiger partial charge in [0.05, 0.1) is 0 Å². The maximum Gasteiger partial charge on any atom is 0.319 e. The fourth-order valence-electron chi connectivity index (χ4n) is 3.88. The number of amides is 3. The maximum absolute atomic E-state index is 13.3. The number of carbonyl (C=O) groups excluding carboxylic acids is 2. The Hall–Kier alpha value is -2.51. The summed E-state index contributed by atoms with van der Waals surface area (Å²) in [6.45, 7) is 14.3. The predicted octanol–water partition coefficient (Wildman–Crippen LogP) is 6.59. The van der Waals surface area contributed by atoms with E-state index >= 15 is 0 Å². The molecule has 0 aliphatic carbocycles. The van der Waals surface area contributed by atoms with Gasteiger partial charge in [-0.2, -0.15) is 11.8 Å². The van der Waals surface area contributed by atoms with E-state index in [4.69, 9.17) is 0 Å². The molecule has 3 rings (SSSR count). The smallest absolute Gasteiger partial charge is 0.319 e. The molecule has 2 aromatic carbocycles. The number of aryl methyl sites for hydroxylation is 1. The third-order valence-electron chi connectivity index (χ3n) is 5.64. The molecule has 6 nitrogen and oxygen atoms in total. The lowest BCUT2D eigenvalue weighted by Crippen LogP contribution is -2.46. The summed E-state index contributed by atoms with van der Waals surface area (Å²) in [5, 5.41) is 9.27. The van der Waals surface area contributed by atoms with Crippen molar-refractivity contribution in [3.05, 3.63) is 64.7 Å². The maximum atomic E-state index is 13.3. The van der Waals surface area contributed by atoms with Gasteiger partial charge in [-0.25, -0.2) is 4.79 Å². The molecule has 0 bridgehead atoms. The zero-order valence-electron chi connectivity index (χ0n) is 24.5. The molecular formula is C31H50N4O2S. The Balaban J connectivity index is 0.00000110. The van der Waals surface area contributed by atoms with Crippen molar-refractivity contribution in [3.63, 3.8) is 0 Å². The van der Waals surface area contributed by atoms with Crippen LogP contribution in [0.25, 0.3) is 0 Å². The monoisotopic (exact) mass is 542 g/mol. The first-order valence-corrected chi connectivity index (χ1v) is 15.6. The number of anilines is 1. The molecule has 1 aliphatic heterocycles. The summed E-state index contributed by atoms with van der Waals surface area (Å²) >= 11 is 1.77. The average Bonchev–Trinajstić information content (AvgIpc) is 2.93. The fourth-order valence-corrected chi connectivity index (χ4v) is 4.32. The second-order valence-corrected chi connectivity index (χ2v) is 10.4. The second kappa shape index (κ2) is 20.5. The summed E-state index contributed by atoms with van der Waals surface area (Å²) in [5.74, 6) is 1.09. The van der Waals surface area contributed by atoms with E-state index in [9.17, 15) is 9.59 Å². The van der Waals surface area contributed by atoms with E-state index in [-0.39, 0.29) is 11.9 Å². The molecule has 0 radical (unpaired) electrons. The van der Waals surface area contributed by atoms with Crippen molar-refractivity contribution in [1.29, 1.82) is 0 Å². The Morgan fingerprint density at radius 2 is 1.58 bits per heavy atom. The predicted molar refractivity (Wildman–Crippen MR) is 166 cm³/mol. The number of thioether (sulfide) groups is 1. The number of rotatable bonds is 9. The van der Waals surface area contributed by atoms with Gasteiger partial charge in [0.25, 0.3) is 5.91 Å². The van der Waals surface area contributed by atoms with Gasteiger partial charge < -0.3 is 20.9 Å². The minimum absolute atomic E-state index is 0.0747. The Morgan fingerprint density at radius 3 is 2.16 bits per heavy atom. The molecule has 0 unspecified atom stereocenters. The quantitative estimate of drug-likeness (QED) is 0.313. The highest BCUT2D eigenvalue weighted by Crippen LogP contribution is 2.26. The number of piperazine rings is 1. The van der Waals surface area contributed by atoms with Crippen molar-refractivity contribution in [3.8, 4) is 0 Å². The van der Waals surface area contributed by atoms with Crippen molar-refractivity contribution >= 4 is 29.4 Å².